The van der Waals surface area contributed by atoms with Crippen molar-refractivity contribution in [1.29, 1.82) is 0 Å². The molecule has 0 spiro atoms. The van der Waals surface area contributed by atoms with Crippen molar-refractivity contribution in [2.24, 2.45) is 0 Å². The molecule has 2 rings (SSSR count). The van der Waals surface area contributed by atoms with E-state index in [-0.39, 0.29) is 22.0 Å². The molecule has 2 heterocycles. The van der Waals surface area contributed by atoms with Gasteiger partial charge < -0.3 is 0 Å². The monoisotopic (exact) mass is 332 g/mol. The summed E-state index contributed by atoms with van der Waals surface area (Å²) in [6.45, 7) is 0. The summed E-state index contributed by atoms with van der Waals surface area (Å²) in [4.78, 5) is 11.4. The maximum atomic E-state index is 11.9. The number of aromatic nitrogens is 3. The van der Waals surface area contributed by atoms with Crippen LogP contribution in [-0.2, 0) is 16.4 Å². The molecule has 0 unspecified atom stereocenters. The summed E-state index contributed by atoms with van der Waals surface area (Å²) >= 11 is 11.3. The molecular formula is C11H10Cl2N4O2S. The minimum absolute atomic E-state index is 0.0380. The number of halogens is 2. The number of rotatable bonds is 5. The average Bonchev–Trinajstić information content (AvgIpc) is 2.36. The fraction of sp³-hybridized carbons (Fsp3) is 0.182. The molecule has 0 radical (unpaired) electrons. The zero-order valence-electron chi connectivity index (χ0n) is 10.1. The maximum Gasteiger partial charge on any atom is 0.234 e. The molecule has 0 saturated carbocycles. The fourth-order valence-electron chi connectivity index (χ4n) is 1.44. The maximum absolute atomic E-state index is 11.9. The van der Waals surface area contributed by atoms with Crippen molar-refractivity contribution in [3.63, 3.8) is 0 Å². The molecule has 0 saturated heterocycles. The standard InChI is InChI=1S/C11H10Cl2N4O2S/c12-9-7-10(16-11(13)15-9)17-20(18,19)6-4-8-3-1-2-5-14-8/h1-3,5,7H,4,6H2,(H,15,16,17). The van der Waals surface area contributed by atoms with Crippen molar-refractivity contribution in [2.75, 3.05) is 10.5 Å². The molecule has 0 aliphatic heterocycles. The van der Waals surface area contributed by atoms with E-state index in [0.29, 0.717) is 12.1 Å². The van der Waals surface area contributed by atoms with Crippen molar-refractivity contribution in [2.45, 2.75) is 6.42 Å². The fourth-order valence-corrected chi connectivity index (χ4v) is 2.85. The molecule has 9 heteroatoms. The molecule has 2 aromatic rings. The van der Waals surface area contributed by atoms with Gasteiger partial charge >= 0.3 is 0 Å². The van der Waals surface area contributed by atoms with E-state index in [1.165, 1.54) is 6.07 Å². The van der Waals surface area contributed by atoms with E-state index in [0.717, 1.165) is 0 Å². The first-order valence-corrected chi connectivity index (χ1v) is 7.96. The smallest absolute Gasteiger partial charge is 0.234 e. The Labute approximate surface area is 126 Å². The lowest BCUT2D eigenvalue weighted by Crippen LogP contribution is -2.19. The van der Waals surface area contributed by atoms with Crippen LogP contribution < -0.4 is 4.72 Å². The number of hydrogen-bond acceptors (Lipinski definition) is 5. The predicted molar refractivity (Wildman–Crippen MR) is 77.4 cm³/mol. The van der Waals surface area contributed by atoms with Crippen molar-refractivity contribution >= 4 is 39.0 Å². The van der Waals surface area contributed by atoms with Gasteiger partial charge in [0, 0.05) is 24.4 Å². The van der Waals surface area contributed by atoms with Crippen LogP contribution in [0.4, 0.5) is 5.82 Å². The molecule has 20 heavy (non-hydrogen) atoms. The lowest BCUT2D eigenvalue weighted by molar-refractivity contribution is 0.600. The highest BCUT2D eigenvalue weighted by Gasteiger charge is 2.13. The molecule has 0 aliphatic carbocycles. The third-order valence-corrected chi connectivity index (χ3v) is 3.91. The van der Waals surface area contributed by atoms with E-state index in [9.17, 15) is 8.42 Å². The van der Waals surface area contributed by atoms with Crippen LogP contribution in [0, 0.1) is 0 Å². The first-order chi connectivity index (χ1) is 9.44. The highest BCUT2D eigenvalue weighted by Crippen LogP contribution is 2.15. The topological polar surface area (TPSA) is 84.8 Å². The van der Waals surface area contributed by atoms with Gasteiger partial charge in [0.2, 0.25) is 15.3 Å². The van der Waals surface area contributed by atoms with Crippen LogP contribution in [-0.4, -0.2) is 29.1 Å². The third-order valence-electron chi connectivity index (χ3n) is 2.28. The van der Waals surface area contributed by atoms with Crippen LogP contribution in [0.1, 0.15) is 5.69 Å². The van der Waals surface area contributed by atoms with E-state index < -0.39 is 10.0 Å². The van der Waals surface area contributed by atoms with E-state index >= 15 is 0 Å². The SMILES string of the molecule is O=S(=O)(CCc1ccccn1)Nc1cc(Cl)nc(Cl)n1. The number of pyridine rings is 1. The van der Waals surface area contributed by atoms with Gasteiger partial charge in [-0.2, -0.15) is 4.98 Å². The molecule has 0 aromatic carbocycles. The molecule has 1 N–H and O–H groups in total. The van der Waals surface area contributed by atoms with Gasteiger partial charge in [-0.1, -0.05) is 17.7 Å². The molecule has 0 atom stereocenters. The first-order valence-electron chi connectivity index (χ1n) is 5.55. The molecule has 0 aliphatic rings. The van der Waals surface area contributed by atoms with Crippen LogP contribution in [0.15, 0.2) is 30.5 Å². The minimum Gasteiger partial charge on any atom is -0.267 e. The molecule has 2 aromatic heterocycles. The zero-order chi connectivity index (χ0) is 14.6. The van der Waals surface area contributed by atoms with Gasteiger partial charge in [0.1, 0.15) is 11.0 Å². The van der Waals surface area contributed by atoms with E-state index in [4.69, 9.17) is 23.2 Å². The number of aryl methyl sites for hydroxylation is 1. The lowest BCUT2D eigenvalue weighted by Gasteiger charge is -2.07. The molecule has 106 valence electrons. The lowest BCUT2D eigenvalue weighted by atomic mass is 10.3. The average molecular weight is 333 g/mol. The van der Waals surface area contributed by atoms with Gasteiger partial charge in [-0.3, -0.25) is 9.71 Å². The molecular weight excluding hydrogens is 323 g/mol. The number of nitrogens with one attached hydrogen (secondary N) is 1. The molecule has 6 nitrogen and oxygen atoms in total. The van der Waals surface area contributed by atoms with Crippen LogP contribution in [0.2, 0.25) is 10.4 Å². The minimum atomic E-state index is -3.56. The summed E-state index contributed by atoms with van der Waals surface area (Å²) in [5, 5.41) is -0.0626. The number of hydrogen-bond donors (Lipinski definition) is 1. The number of sulfonamides is 1. The summed E-state index contributed by atoms with van der Waals surface area (Å²) in [6.07, 6.45) is 1.90. The Balaban J connectivity index is 2.04. The Bertz CT molecular complexity index is 675. The number of nitrogens with zero attached hydrogens (tertiary/aromatic N) is 3. The number of anilines is 1. The van der Waals surface area contributed by atoms with E-state index in [1.54, 1.807) is 24.4 Å². The van der Waals surface area contributed by atoms with Crippen LogP contribution in [0.5, 0.6) is 0 Å². The highest BCUT2D eigenvalue weighted by atomic mass is 35.5. The Morgan fingerprint density at radius 1 is 1.20 bits per heavy atom. The van der Waals surface area contributed by atoms with Gasteiger partial charge in [-0.05, 0) is 23.7 Å². The normalized spacial score (nSPS) is 11.3. The summed E-state index contributed by atoms with van der Waals surface area (Å²) in [5.41, 5.74) is 0.691. The van der Waals surface area contributed by atoms with Gasteiger partial charge in [0.25, 0.3) is 0 Å². The second kappa shape index (κ2) is 6.34. The summed E-state index contributed by atoms with van der Waals surface area (Å²) in [6, 6.07) is 6.60. The highest BCUT2D eigenvalue weighted by molar-refractivity contribution is 7.92. The van der Waals surface area contributed by atoms with Crippen molar-refractivity contribution < 1.29 is 8.42 Å². The second-order valence-corrected chi connectivity index (χ2v) is 6.40. The molecule has 0 fully saturated rings. The Kier molecular flexibility index (Phi) is 4.74. The Hall–Kier alpha value is -1.44. The quantitative estimate of drug-likeness (QED) is 0.669. The van der Waals surface area contributed by atoms with Crippen molar-refractivity contribution in [3.05, 3.63) is 46.6 Å². The van der Waals surface area contributed by atoms with Crippen LogP contribution in [0.3, 0.4) is 0 Å². The zero-order valence-corrected chi connectivity index (χ0v) is 12.5. The molecule has 0 bridgehead atoms. The summed E-state index contributed by atoms with van der Waals surface area (Å²) in [5.74, 6) is -0.0838. The third kappa shape index (κ3) is 4.59. The van der Waals surface area contributed by atoms with Crippen LogP contribution in [0.25, 0.3) is 0 Å². The first kappa shape index (κ1) is 15.0. The van der Waals surface area contributed by atoms with Crippen LogP contribution >= 0.6 is 23.2 Å². The van der Waals surface area contributed by atoms with Gasteiger partial charge in [0.15, 0.2) is 0 Å². The largest absolute Gasteiger partial charge is 0.267 e. The Morgan fingerprint density at radius 3 is 2.65 bits per heavy atom. The second-order valence-electron chi connectivity index (χ2n) is 3.84. The van der Waals surface area contributed by atoms with Crippen molar-refractivity contribution in [3.8, 4) is 0 Å². The predicted octanol–water partition coefficient (Wildman–Crippen LogP) is 2.16. The Morgan fingerprint density at radius 2 is 2.00 bits per heavy atom. The molecule has 0 amide bonds. The summed E-state index contributed by atoms with van der Waals surface area (Å²) in [7, 11) is -3.56. The van der Waals surface area contributed by atoms with Gasteiger partial charge in [-0.15, -0.1) is 0 Å². The van der Waals surface area contributed by atoms with Gasteiger partial charge in [-0.25, -0.2) is 13.4 Å². The van der Waals surface area contributed by atoms with Crippen molar-refractivity contribution in [1.82, 2.24) is 15.0 Å². The van der Waals surface area contributed by atoms with E-state index in [2.05, 4.69) is 19.7 Å². The summed E-state index contributed by atoms with van der Waals surface area (Å²) < 4.78 is 26.1. The van der Waals surface area contributed by atoms with E-state index in [1.807, 2.05) is 0 Å². The van der Waals surface area contributed by atoms with Gasteiger partial charge in [0.05, 0.1) is 5.75 Å².